The molecular weight excluding hydrogens is 224 g/mol. The van der Waals surface area contributed by atoms with Gasteiger partial charge in [0.25, 0.3) is 0 Å². The number of fused-ring (bicyclic) bond motifs is 3. The SMILES string of the molecule is CN1C(=O)Cc2ccccc2-c2ccc(N)cc21. The minimum Gasteiger partial charge on any atom is -0.399 e. The summed E-state index contributed by atoms with van der Waals surface area (Å²) in [5.41, 5.74) is 10.6. The second-order valence-corrected chi connectivity index (χ2v) is 4.56. The van der Waals surface area contributed by atoms with Gasteiger partial charge in [-0.3, -0.25) is 4.79 Å². The lowest BCUT2D eigenvalue weighted by molar-refractivity contribution is -0.117. The van der Waals surface area contributed by atoms with Crippen molar-refractivity contribution in [1.82, 2.24) is 0 Å². The molecule has 2 aromatic rings. The van der Waals surface area contributed by atoms with Crippen LogP contribution < -0.4 is 10.6 Å². The highest BCUT2D eigenvalue weighted by Gasteiger charge is 2.22. The summed E-state index contributed by atoms with van der Waals surface area (Å²) in [5, 5.41) is 0. The molecule has 0 aliphatic carbocycles. The van der Waals surface area contributed by atoms with E-state index in [1.54, 1.807) is 11.9 Å². The lowest BCUT2D eigenvalue weighted by Crippen LogP contribution is -2.26. The molecule has 3 nitrogen and oxygen atoms in total. The van der Waals surface area contributed by atoms with Crippen molar-refractivity contribution in [2.45, 2.75) is 6.42 Å². The number of likely N-dealkylation sites (N-methyl/N-ethyl adjacent to an activating group) is 1. The molecule has 0 spiro atoms. The fourth-order valence-corrected chi connectivity index (χ4v) is 2.41. The quantitative estimate of drug-likeness (QED) is 0.717. The normalized spacial score (nSPS) is 13.8. The van der Waals surface area contributed by atoms with Crippen molar-refractivity contribution in [2.75, 3.05) is 17.7 Å². The van der Waals surface area contributed by atoms with Gasteiger partial charge in [-0.25, -0.2) is 0 Å². The molecule has 2 aromatic carbocycles. The van der Waals surface area contributed by atoms with Crippen molar-refractivity contribution in [3.63, 3.8) is 0 Å². The van der Waals surface area contributed by atoms with E-state index in [9.17, 15) is 4.79 Å². The number of rotatable bonds is 0. The Morgan fingerprint density at radius 2 is 1.89 bits per heavy atom. The lowest BCUT2D eigenvalue weighted by atomic mass is 9.98. The van der Waals surface area contributed by atoms with Crippen LogP contribution in [0.3, 0.4) is 0 Å². The van der Waals surface area contributed by atoms with Crippen LogP contribution in [0.1, 0.15) is 5.56 Å². The van der Waals surface area contributed by atoms with E-state index in [4.69, 9.17) is 5.73 Å². The summed E-state index contributed by atoms with van der Waals surface area (Å²) in [6.45, 7) is 0. The van der Waals surface area contributed by atoms with Crippen molar-refractivity contribution >= 4 is 17.3 Å². The Labute approximate surface area is 106 Å². The first-order chi connectivity index (χ1) is 8.66. The van der Waals surface area contributed by atoms with E-state index in [1.165, 1.54) is 0 Å². The van der Waals surface area contributed by atoms with E-state index in [0.717, 1.165) is 22.4 Å². The fourth-order valence-electron chi connectivity index (χ4n) is 2.41. The molecule has 1 aliphatic rings. The first-order valence-corrected chi connectivity index (χ1v) is 5.91. The molecular formula is C15H14N2O. The molecule has 1 aliphatic heterocycles. The number of anilines is 2. The summed E-state index contributed by atoms with van der Waals surface area (Å²) in [6.07, 6.45) is 0.432. The number of carbonyl (C=O) groups excluding carboxylic acids is 1. The standard InChI is InChI=1S/C15H14N2O/c1-17-14-9-11(16)6-7-13(14)12-5-3-2-4-10(12)8-15(17)18/h2-7,9H,8,16H2,1H3. The van der Waals surface area contributed by atoms with Gasteiger partial charge in [-0.05, 0) is 23.3 Å². The highest BCUT2D eigenvalue weighted by Crippen LogP contribution is 2.37. The number of nitrogen functional groups attached to an aromatic ring is 1. The molecule has 1 amide bonds. The zero-order valence-electron chi connectivity index (χ0n) is 10.2. The van der Waals surface area contributed by atoms with Gasteiger partial charge < -0.3 is 10.6 Å². The van der Waals surface area contributed by atoms with Gasteiger partial charge in [0.15, 0.2) is 0 Å². The van der Waals surface area contributed by atoms with E-state index in [2.05, 4.69) is 6.07 Å². The smallest absolute Gasteiger partial charge is 0.231 e. The van der Waals surface area contributed by atoms with E-state index < -0.39 is 0 Å². The van der Waals surface area contributed by atoms with Crippen molar-refractivity contribution in [3.05, 3.63) is 48.0 Å². The van der Waals surface area contributed by atoms with Gasteiger partial charge in [0.05, 0.1) is 12.1 Å². The van der Waals surface area contributed by atoms with Crippen molar-refractivity contribution < 1.29 is 4.79 Å². The monoisotopic (exact) mass is 238 g/mol. The maximum absolute atomic E-state index is 12.1. The summed E-state index contributed by atoms with van der Waals surface area (Å²) >= 11 is 0. The number of carbonyl (C=O) groups is 1. The number of hydrogen-bond donors (Lipinski definition) is 1. The van der Waals surface area contributed by atoms with Crippen LogP contribution in [-0.4, -0.2) is 13.0 Å². The van der Waals surface area contributed by atoms with E-state index in [-0.39, 0.29) is 5.91 Å². The Bertz CT molecular complexity index is 634. The van der Waals surface area contributed by atoms with Gasteiger partial charge in [0, 0.05) is 18.3 Å². The van der Waals surface area contributed by atoms with E-state index >= 15 is 0 Å². The highest BCUT2D eigenvalue weighted by atomic mass is 16.2. The molecule has 3 rings (SSSR count). The molecule has 0 unspecified atom stereocenters. The van der Waals surface area contributed by atoms with E-state index in [0.29, 0.717) is 12.1 Å². The van der Waals surface area contributed by atoms with Gasteiger partial charge in [-0.1, -0.05) is 30.3 Å². The molecule has 0 aromatic heterocycles. The Morgan fingerprint density at radius 3 is 2.72 bits per heavy atom. The molecule has 2 N–H and O–H groups in total. The largest absolute Gasteiger partial charge is 0.399 e. The second kappa shape index (κ2) is 3.88. The Kier molecular flexibility index (Phi) is 2.33. The number of benzene rings is 2. The van der Waals surface area contributed by atoms with Crippen molar-refractivity contribution in [2.24, 2.45) is 0 Å². The van der Waals surface area contributed by atoms with Crippen LogP contribution >= 0.6 is 0 Å². The topological polar surface area (TPSA) is 46.3 Å². The zero-order valence-corrected chi connectivity index (χ0v) is 10.2. The van der Waals surface area contributed by atoms with E-state index in [1.807, 2.05) is 36.4 Å². The average molecular weight is 238 g/mol. The minimum absolute atomic E-state index is 0.0896. The predicted octanol–water partition coefficient (Wildman–Crippen LogP) is 2.45. The highest BCUT2D eigenvalue weighted by molar-refractivity contribution is 6.02. The number of nitrogens with two attached hydrogens (primary N) is 1. The molecule has 0 fully saturated rings. The molecule has 3 heteroatoms. The van der Waals surface area contributed by atoms with Crippen LogP contribution in [0.5, 0.6) is 0 Å². The van der Waals surface area contributed by atoms with Crippen molar-refractivity contribution in [3.8, 4) is 11.1 Å². The number of amides is 1. The summed E-state index contributed by atoms with van der Waals surface area (Å²) in [7, 11) is 1.80. The van der Waals surface area contributed by atoms with Gasteiger partial charge >= 0.3 is 0 Å². The number of hydrogen-bond acceptors (Lipinski definition) is 2. The third-order valence-corrected chi connectivity index (χ3v) is 3.41. The Balaban J connectivity index is 2.33. The summed E-state index contributed by atoms with van der Waals surface area (Å²) in [6, 6.07) is 13.7. The maximum Gasteiger partial charge on any atom is 0.231 e. The molecule has 0 saturated carbocycles. The number of nitrogens with zero attached hydrogens (tertiary/aromatic N) is 1. The van der Waals surface area contributed by atoms with Crippen LogP contribution in [0.15, 0.2) is 42.5 Å². The molecule has 0 atom stereocenters. The molecule has 90 valence electrons. The third-order valence-electron chi connectivity index (χ3n) is 3.41. The van der Waals surface area contributed by atoms with Crippen LogP contribution in [0.2, 0.25) is 0 Å². The second-order valence-electron chi connectivity index (χ2n) is 4.56. The zero-order chi connectivity index (χ0) is 12.7. The predicted molar refractivity (Wildman–Crippen MR) is 73.4 cm³/mol. The third kappa shape index (κ3) is 1.56. The maximum atomic E-state index is 12.1. The average Bonchev–Trinajstić information content (AvgIpc) is 2.47. The lowest BCUT2D eigenvalue weighted by Gasteiger charge is -2.18. The summed E-state index contributed by atoms with van der Waals surface area (Å²) < 4.78 is 0. The van der Waals surface area contributed by atoms with Crippen LogP contribution in [-0.2, 0) is 11.2 Å². The van der Waals surface area contributed by atoms with Crippen LogP contribution in [0.25, 0.3) is 11.1 Å². The molecule has 0 bridgehead atoms. The van der Waals surface area contributed by atoms with Gasteiger partial charge in [0.1, 0.15) is 0 Å². The fraction of sp³-hybridized carbons (Fsp3) is 0.133. The Morgan fingerprint density at radius 1 is 1.11 bits per heavy atom. The van der Waals surface area contributed by atoms with Gasteiger partial charge in [-0.15, -0.1) is 0 Å². The summed E-state index contributed by atoms with van der Waals surface area (Å²) in [5.74, 6) is 0.0896. The minimum atomic E-state index is 0.0896. The molecule has 1 heterocycles. The van der Waals surface area contributed by atoms with Gasteiger partial charge in [0.2, 0.25) is 5.91 Å². The van der Waals surface area contributed by atoms with Crippen LogP contribution in [0.4, 0.5) is 11.4 Å². The van der Waals surface area contributed by atoms with Crippen molar-refractivity contribution in [1.29, 1.82) is 0 Å². The first-order valence-electron chi connectivity index (χ1n) is 5.91. The van der Waals surface area contributed by atoms with Crippen LogP contribution in [0, 0.1) is 0 Å². The first kappa shape index (κ1) is 10.8. The summed E-state index contributed by atoms with van der Waals surface area (Å²) in [4.78, 5) is 13.8. The van der Waals surface area contributed by atoms with Gasteiger partial charge in [-0.2, -0.15) is 0 Å². The molecule has 0 saturated heterocycles. The molecule has 0 radical (unpaired) electrons. The molecule has 18 heavy (non-hydrogen) atoms. The Hall–Kier alpha value is -2.29.